The van der Waals surface area contributed by atoms with Crippen LogP contribution in [-0.4, -0.2) is 67.7 Å². The second-order valence-corrected chi connectivity index (χ2v) is 7.53. The van der Waals surface area contributed by atoms with Crippen LogP contribution in [0.1, 0.15) is 46.1 Å². The van der Waals surface area contributed by atoms with Gasteiger partial charge in [-0.2, -0.15) is 0 Å². The molecule has 5 N–H and O–H groups in total. The van der Waals surface area contributed by atoms with Gasteiger partial charge in [0.2, 0.25) is 0 Å². The number of hydrogen-bond donors (Lipinski definition) is 3. The van der Waals surface area contributed by atoms with Crippen LogP contribution in [0.5, 0.6) is 0 Å². The molecule has 1 saturated heterocycles. The Kier molecular flexibility index (Phi) is 16.9. The zero-order valence-electron chi connectivity index (χ0n) is 21.2. The van der Waals surface area contributed by atoms with Crippen molar-refractivity contribution < 1.29 is 42.9 Å². The lowest BCUT2D eigenvalue weighted by Crippen LogP contribution is -2.40. The monoisotopic (exact) mass is 511 g/mol. The molecule has 0 aliphatic carbocycles. The number of hydrogen-bond acceptors (Lipinski definition) is 11. The van der Waals surface area contributed by atoms with Crippen molar-refractivity contribution in [3.63, 3.8) is 0 Å². The van der Waals surface area contributed by atoms with Gasteiger partial charge in [0, 0.05) is 26.4 Å². The fraction of sp³-hybridized carbons (Fsp3) is 0.542. The number of nitrogens with one attached hydrogen (secondary N) is 1. The lowest BCUT2D eigenvalue weighted by molar-refractivity contribution is -0.191. The maximum Gasteiger partial charge on any atom is 0.347 e. The van der Waals surface area contributed by atoms with Crippen molar-refractivity contribution in [3.05, 3.63) is 35.9 Å². The maximum atomic E-state index is 11.1. The SMILES string of the molecule is CC(=O)O[C@@H](C)C(=O)NCCN.C[C@@H]1OC(=O)[C@H](C)OC1=O.NCCCC(=O)OCc1ccccc1. The van der Waals surface area contributed by atoms with E-state index in [1.165, 1.54) is 27.7 Å². The largest absolute Gasteiger partial charge is 0.461 e. The highest BCUT2D eigenvalue weighted by Crippen LogP contribution is 2.08. The average Bonchev–Trinajstić information content (AvgIpc) is 2.84. The van der Waals surface area contributed by atoms with E-state index < -0.39 is 36.2 Å². The van der Waals surface area contributed by atoms with Gasteiger partial charge in [-0.25, -0.2) is 9.59 Å². The first-order valence-corrected chi connectivity index (χ1v) is 11.5. The maximum absolute atomic E-state index is 11.1. The highest BCUT2D eigenvalue weighted by Gasteiger charge is 2.32. The Morgan fingerprint density at radius 3 is 2.03 bits per heavy atom. The molecule has 0 aromatic heterocycles. The van der Waals surface area contributed by atoms with E-state index in [1.807, 2.05) is 30.3 Å². The lowest BCUT2D eigenvalue weighted by Gasteiger charge is -2.22. The molecule has 0 radical (unpaired) electrons. The van der Waals surface area contributed by atoms with Gasteiger partial charge in [0.25, 0.3) is 5.91 Å². The van der Waals surface area contributed by atoms with Crippen molar-refractivity contribution in [1.82, 2.24) is 5.32 Å². The first-order valence-electron chi connectivity index (χ1n) is 11.5. The minimum absolute atomic E-state index is 0.181. The Hall–Kier alpha value is -3.51. The Balaban J connectivity index is 0.000000518. The van der Waals surface area contributed by atoms with E-state index in [-0.39, 0.29) is 11.9 Å². The first-order chi connectivity index (χ1) is 17.0. The normalized spacial score (nSPS) is 16.9. The summed E-state index contributed by atoms with van der Waals surface area (Å²) in [5, 5.41) is 2.50. The first kappa shape index (κ1) is 32.5. The summed E-state index contributed by atoms with van der Waals surface area (Å²) >= 11 is 0. The van der Waals surface area contributed by atoms with Gasteiger partial charge in [0.05, 0.1) is 0 Å². The molecule has 0 spiro atoms. The minimum Gasteiger partial charge on any atom is -0.461 e. The predicted octanol–water partition coefficient (Wildman–Crippen LogP) is 0.345. The fourth-order valence-electron chi connectivity index (χ4n) is 2.33. The highest BCUT2D eigenvalue weighted by molar-refractivity contribution is 5.86. The number of rotatable bonds is 9. The number of carbonyl (C=O) groups excluding carboxylic acids is 5. The fourth-order valence-corrected chi connectivity index (χ4v) is 2.33. The Morgan fingerprint density at radius 1 is 1.00 bits per heavy atom. The van der Waals surface area contributed by atoms with Crippen molar-refractivity contribution in [2.45, 2.75) is 65.5 Å². The van der Waals surface area contributed by atoms with E-state index in [1.54, 1.807) is 0 Å². The van der Waals surface area contributed by atoms with Gasteiger partial charge in [0.1, 0.15) is 6.61 Å². The molecule has 3 atom stereocenters. The number of amides is 1. The Bertz CT molecular complexity index is 813. The predicted molar refractivity (Wildman–Crippen MR) is 129 cm³/mol. The van der Waals surface area contributed by atoms with Gasteiger partial charge in [-0.15, -0.1) is 0 Å². The second kappa shape index (κ2) is 18.8. The van der Waals surface area contributed by atoms with E-state index in [0.717, 1.165) is 5.56 Å². The number of nitrogens with two attached hydrogens (primary N) is 2. The zero-order valence-corrected chi connectivity index (χ0v) is 21.2. The average molecular weight is 512 g/mol. The minimum atomic E-state index is -0.747. The van der Waals surface area contributed by atoms with E-state index in [4.69, 9.17) is 16.2 Å². The second-order valence-electron chi connectivity index (χ2n) is 7.53. The van der Waals surface area contributed by atoms with E-state index in [2.05, 4.69) is 19.5 Å². The summed E-state index contributed by atoms with van der Waals surface area (Å²) in [6.07, 6.45) is -1.14. The molecule has 2 rings (SSSR count). The molecule has 0 unspecified atom stereocenters. The molecule has 12 heteroatoms. The summed E-state index contributed by atoms with van der Waals surface area (Å²) in [5.74, 6) is -1.93. The molecule has 1 aromatic carbocycles. The van der Waals surface area contributed by atoms with Gasteiger partial charge in [-0.05, 0) is 39.3 Å². The zero-order chi connectivity index (χ0) is 27.5. The summed E-state index contributed by atoms with van der Waals surface area (Å²) in [5.41, 5.74) is 11.4. The van der Waals surface area contributed by atoms with Crippen molar-refractivity contribution in [2.75, 3.05) is 19.6 Å². The number of carbonyl (C=O) groups is 5. The van der Waals surface area contributed by atoms with Crippen molar-refractivity contribution in [3.8, 4) is 0 Å². The van der Waals surface area contributed by atoms with Gasteiger partial charge >= 0.3 is 23.9 Å². The molecule has 12 nitrogen and oxygen atoms in total. The summed E-state index contributed by atoms with van der Waals surface area (Å²) in [7, 11) is 0. The summed E-state index contributed by atoms with van der Waals surface area (Å²) < 4.78 is 18.8. The summed E-state index contributed by atoms with van der Waals surface area (Å²) in [4.78, 5) is 53.8. The third-order valence-corrected chi connectivity index (χ3v) is 4.23. The van der Waals surface area contributed by atoms with Crippen LogP contribution in [0, 0.1) is 0 Å². The summed E-state index contributed by atoms with van der Waals surface area (Å²) in [6.45, 7) is 7.37. The van der Waals surface area contributed by atoms with Crippen LogP contribution in [0.15, 0.2) is 30.3 Å². The third-order valence-electron chi connectivity index (χ3n) is 4.23. The van der Waals surface area contributed by atoms with Crippen LogP contribution in [0.2, 0.25) is 0 Å². The summed E-state index contributed by atoms with van der Waals surface area (Å²) in [6, 6.07) is 9.62. The topological polar surface area (TPSA) is 186 Å². The smallest absolute Gasteiger partial charge is 0.347 e. The molecule has 1 heterocycles. The standard InChI is InChI=1S/C11H15NO2.C7H14N2O3.C6H8O4/c12-8-4-7-11(13)14-9-10-5-2-1-3-6-10;1-5(12-6(2)10)7(11)9-4-3-8;1-3-5(7)10-4(2)6(8)9-3/h1-3,5-6H,4,7-9,12H2;5H,3-4,8H2,1-2H3,(H,9,11);3-4H,1-2H3/t;5-;3-,4-/m.00/s1. The van der Waals surface area contributed by atoms with E-state index >= 15 is 0 Å². The van der Waals surface area contributed by atoms with Crippen molar-refractivity contribution >= 4 is 29.8 Å². The molecule has 1 aliphatic heterocycles. The van der Waals surface area contributed by atoms with E-state index in [9.17, 15) is 24.0 Å². The van der Waals surface area contributed by atoms with Gasteiger partial charge < -0.3 is 35.7 Å². The molecule has 36 heavy (non-hydrogen) atoms. The molecule has 1 fully saturated rings. The van der Waals surface area contributed by atoms with Crippen LogP contribution in [0.25, 0.3) is 0 Å². The van der Waals surface area contributed by atoms with Crippen LogP contribution in [0.3, 0.4) is 0 Å². The van der Waals surface area contributed by atoms with Gasteiger partial charge in [-0.1, -0.05) is 30.3 Å². The number of esters is 4. The molecule has 1 aromatic rings. The number of ether oxygens (including phenoxy) is 4. The van der Waals surface area contributed by atoms with Crippen LogP contribution in [-0.2, 0) is 49.5 Å². The molecule has 0 saturated carbocycles. The van der Waals surface area contributed by atoms with Crippen LogP contribution >= 0.6 is 0 Å². The van der Waals surface area contributed by atoms with Crippen molar-refractivity contribution in [2.24, 2.45) is 11.5 Å². The number of benzene rings is 1. The molecule has 1 amide bonds. The molecule has 202 valence electrons. The molecular formula is C24H37N3O9. The number of cyclic esters (lactones) is 2. The lowest BCUT2D eigenvalue weighted by atomic mass is 10.2. The van der Waals surface area contributed by atoms with Gasteiger partial charge in [0.15, 0.2) is 18.3 Å². The quantitative estimate of drug-likeness (QED) is 0.306. The molecule has 0 bridgehead atoms. The third kappa shape index (κ3) is 15.4. The van der Waals surface area contributed by atoms with Gasteiger partial charge in [-0.3, -0.25) is 14.4 Å². The van der Waals surface area contributed by atoms with Crippen molar-refractivity contribution in [1.29, 1.82) is 0 Å². The van der Waals surface area contributed by atoms with E-state index in [0.29, 0.717) is 39.1 Å². The van der Waals surface area contributed by atoms with Crippen LogP contribution in [0.4, 0.5) is 0 Å². The van der Waals surface area contributed by atoms with Crippen LogP contribution < -0.4 is 16.8 Å². The molecular weight excluding hydrogens is 474 g/mol. The Labute approximate surface area is 210 Å². The highest BCUT2D eigenvalue weighted by atomic mass is 16.6. The molecule has 1 aliphatic rings. The Morgan fingerprint density at radius 2 is 1.56 bits per heavy atom.